The molecular weight excluding hydrogens is 431 g/mol. The molecule has 1 aliphatic heterocycles. The van der Waals surface area contributed by atoms with Crippen LogP contribution in [0.4, 0.5) is 0 Å². The van der Waals surface area contributed by atoms with E-state index in [-0.39, 0.29) is 29.9 Å². The van der Waals surface area contributed by atoms with Crippen molar-refractivity contribution in [2.24, 2.45) is 4.99 Å². The Morgan fingerprint density at radius 2 is 1.80 bits per heavy atom. The van der Waals surface area contributed by atoms with Crippen molar-refractivity contribution in [3.8, 4) is 0 Å². The van der Waals surface area contributed by atoms with Crippen molar-refractivity contribution in [3.63, 3.8) is 0 Å². The molecule has 0 aromatic heterocycles. The van der Waals surface area contributed by atoms with Gasteiger partial charge in [-0.2, -0.15) is 0 Å². The molecule has 25 heavy (non-hydrogen) atoms. The second-order valence-corrected chi connectivity index (χ2v) is 6.21. The zero-order valence-electron chi connectivity index (χ0n) is 16.0. The second-order valence-electron chi connectivity index (χ2n) is 6.21. The fraction of sp³-hybridized carbons (Fsp3) is 0.889. The molecule has 0 spiro atoms. The van der Waals surface area contributed by atoms with Gasteiger partial charge in [0.05, 0.1) is 6.61 Å². The Hall–Kier alpha value is -0.570. The summed E-state index contributed by atoms with van der Waals surface area (Å²) in [6.07, 6.45) is 7.76. The summed E-state index contributed by atoms with van der Waals surface area (Å²) < 4.78 is 4.92. The van der Waals surface area contributed by atoms with E-state index < -0.39 is 0 Å². The van der Waals surface area contributed by atoms with Crippen LogP contribution in [0.2, 0.25) is 0 Å². The molecule has 2 N–H and O–H groups in total. The fourth-order valence-electron chi connectivity index (χ4n) is 2.86. The van der Waals surface area contributed by atoms with Gasteiger partial charge >= 0.3 is 5.97 Å². The number of hydrogen-bond acceptors (Lipinski definition) is 4. The molecule has 0 amide bonds. The normalized spacial score (nSPS) is 15.8. The summed E-state index contributed by atoms with van der Waals surface area (Å²) in [6.45, 7) is 10.4. The molecule has 7 heteroatoms. The highest BCUT2D eigenvalue weighted by Crippen LogP contribution is 2.09. The van der Waals surface area contributed by atoms with Crippen molar-refractivity contribution >= 4 is 35.9 Å². The first-order chi connectivity index (χ1) is 11.8. The molecule has 0 aromatic carbocycles. The van der Waals surface area contributed by atoms with Crippen LogP contribution in [0.1, 0.15) is 58.8 Å². The van der Waals surface area contributed by atoms with E-state index >= 15 is 0 Å². The summed E-state index contributed by atoms with van der Waals surface area (Å²) in [6, 6.07) is 0. The first-order valence-corrected chi connectivity index (χ1v) is 9.66. The van der Waals surface area contributed by atoms with Gasteiger partial charge in [0, 0.05) is 26.1 Å². The van der Waals surface area contributed by atoms with Crippen LogP contribution >= 0.6 is 24.0 Å². The van der Waals surface area contributed by atoms with Gasteiger partial charge in [-0.05, 0) is 59.2 Å². The maximum atomic E-state index is 11.3. The zero-order valence-corrected chi connectivity index (χ0v) is 18.3. The minimum absolute atomic E-state index is 0. The lowest BCUT2D eigenvalue weighted by atomic mass is 10.2. The molecule has 0 bridgehead atoms. The predicted molar refractivity (Wildman–Crippen MR) is 115 cm³/mol. The number of esters is 1. The summed E-state index contributed by atoms with van der Waals surface area (Å²) in [5.74, 6) is 0.709. The van der Waals surface area contributed by atoms with Crippen LogP contribution in [0.15, 0.2) is 4.99 Å². The number of likely N-dealkylation sites (tertiary alicyclic amines) is 1. The van der Waals surface area contributed by atoms with Gasteiger partial charge in [-0.1, -0.05) is 12.8 Å². The number of nitrogens with zero attached hydrogens (tertiary/aromatic N) is 2. The van der Waals surface area contributed by atoms with Crippen LogP contribution in [0.5, 0.6) is 0 Å². The number of carbonyl (C=O) groups excluding carboxylic acids is 1. The van der Waals surface area contributed by atoms with E-state index in [0.29, 0.717) is 19.6 Å². The molecule has 0 atom stereocenters. The Balaban J connectivity index is 0.00000576. The van der Waals surface area contributed by atoms with E-state index in [0.717, 1.165) is 38.4 Å². The molecule has 1 heterocycles. The number of carbonyl (C=O) groups is 1. The maximum absolute atomic E-state index is 11.3. The summed E-state index contributed by atoms with van der Waals surface area (Å²) in [5.41, 5.74) is 0. The minimum atomic E-state index is -0.136. The van der Waals surface area contributed by atoms with Gasteiger partial charge in [-0.3, -0.25) is 9.79 Å². The van der Waals surface area contributed by atoms with Gasteiger partial charge < -0.3 is 20.3 Å². The Bertz CT molecular complexity index is 359. The lowest BCUT2D eigenvalue weighted by Crippen LogP contribution is -2.39. The van der Waals surface area contributed by atoms with E-state index in [1.54, 1.807) is 0 Å². The Labute approximate surface area is 170 Å². The second kappa shape index (κ2) is 16.9. The summed E-state index contributed by atoms with van der Waals surface area (Å²) in [5, 5.41) is 6.64. The molecule has 0 aliphatic carbocycles. The van der Waals surface area contributed by atoms with Gasteiger partial charge in [0.25, 0.3) is 0 Å². The standard InChI is InChI=1S/C18H36N4O2.HI/c1-3-19-18(20-12-9-11-17(23)24-4-2)21-13-10-16-22-14-7-5-6-8-15-22;/h3-16H2,1-2H3,(H2,19,20,21);1H. The number of ether oxygens (including phenoxy) is 1. The third-order valence-electron chi connectivity index (χ3n) is 4.10. The highest BCUT2D eigenvalue weighted by atomic mass is 127. The molecule has 0 aromatic rings. The van der Waals surface area contributed by atoms with E-state index in [4.69, 9.17) is 4.74 Å². The number of rotatable bonds is 10. The topological polar surface area (TPSA) is 66.0 Å². The van der Waals surface area contributed by atoms with Crippen LogP contribution in [0.3, 0.4) is 0 Å². The van der Waals surface area contributed by atoms with Crippen LogP contribution in [0, 0.1) is 0 Å². The van der Waals surface area contributed by atoms with Crippen LogP contribution in [-0.2, 0) is 9.53 Å². The van der Waals surface area contributed by atoms with Crippen molar-refractivity contribution in [2.75, 3.05) is 45.9 Å². The molecule has 6 nitrogen and oxygen atoms in total. The summed E-state index contributed by atoms with van der Waals surface area (Å²) in [7, 11) is 0. The van der Waals surface area contributed by atoms with Gasteiger partial charge in [0.1, 0.15) is 0 Å². The Morgan fingerprint density at radius 3 is 2.44 bits per heavy atom. The number of aliphatic imine (C=N–C) groups is 1. The number of halogens is 1. The third kappa shape index (κ3) is 13.3. The molecule has 1 rings (SSSR count). The van der Waals surface area contributed by atoms with Gasteiger partial charge in [0.15, 0.2) is 5.96 Å². The molecule has 148 valence electrons. The molecule has 0 unspecified atom stereocenters. The van der Waals surface area contributed by atoms with Crippen LogP contribution in [-0.4, -0.2) is 62.7 Å². The lowest BCUT2D eigenvalue weighted by Gasteiger charge is -2.20. The quantitative estimate of drug-likeness (QED) is 0.170. The van der Waals surface area contributed by atoms with Crippen LogP contribution in [0.25, 0.3) is 0 Å². The van der Waals surface area contributed by atoms with E-state index in [1.807, 2.05) is 6.92 Å². The molecule has 1 aliphatic rings. The first kappa shape index (κ1) is 24.4. The predicted octanol–water partition coefficient (Wildman–Crippen LogP) is 2.77. The van der Waals surface area contributed by atoms with Gasteiger partial charge in [-0.15, -0.1) is 24.0 Å². The van der Waals surface area contributed by atoms with Crippen molar-refractivity contribution in [1.29, 1.82) is 0 Å². The van der Waals surface area contributed by atoms with Crippen molar-refractivity contribution in [2.45, 2.75) is 58.8 Å². The fourth-order valence-corrected chi connectivity index (χ4v) is 2.86. The highest BCUT2D eigenvalue weighted by molar-refractivity contribution is 14.0. The van der Waals surface area contributed by atoms with Crippen molar-refractivity contribution in [1.82, 2.24) is 15.5 Å². The zero-order chi connectivity index (χ0) is 17.5. The lowest BCUT2D eigenvalue weighted by molar-refractivity contribution is -0.143. The first-order valence-electron chi connectivity index (χ1n) is 9.66. The number of guanidine groups is 1. The average molecular weight is 468 g/mol. The molecule has 0 radical (unpaired) electrons. The van der Waals surface area contributed by atoms with Gasteiger partial charge in [-0.25, -0.2) is 0 Å². The van der Waals surface area contributed by atoms with E-state index in [1.165, 1.54) is 38.8 Å². The maximum Gasteiger partial charge on any atom is 0.305 e. The third-order valence-corrected chi connectivity index (χ3v) is 4.10. The van der Waals surface area contributed by atoms with Gasteiger partial charge in [0.2, 0.25) is 0 Å². The van der Waals surface area contributed by atoms with Crippen LogP contribution < -0.4 is 10.6 Å². The number of hydrogen-bond donors (Lipinski definition) is 2. The SMILES string of the molecule is CCNC(=NCCCC(=O)OCC)NCCCN1CCCCCC1.I. The van der Waals surface area contributed by atoms with E-state index in [2.05, 4.69) is 27.4 Å². The largest absolute Gasteiger partial charge is 0.466 e. The molecule has 1 saturated heterocycles. The minimum Gasteiger partial charge on any atom is -0.466 e. The Morgan fingerprint density at radius 1 is 1.08 bits per heavy atom. The Kier molecular flexibility index (Phi) is 16.5. The number of nitrogens with one attached hydrogen (secondary N) is 2. The van der Waals surface area contributed by atoms with Crippen molar-refractivity contribution in [3.05, 3.63) is 0 Å². The molecule has 1 fully saturated rings. The highest BCUT2D eigenvalue weighted by Gasteiger charge is 2.08. The smallest absolute Gasteiger partial charge is 0.305 e. The summed E-state index contributed by atoms with van der Waals surface area (Å²) in [4.78, 5) is 18.4. The van der Waals surface area contributed by atoms with Crippen molar-refractivity contribution < 1.29 is 9.53 Å². The monoisotopic (exact) mass is 468 g/mol. The molecule has 0 saturated carbocycles. The molecular formula is C18H37IN4O2. The summed E-state index contributed by atoms with van der Waals surface area (Å²) >= 11 is 0. The van der Waals surface area contributed by atoms with E-state index in [9.17, 15) is 4.79 Å². The average Bonchev–Trinajstić information content (AvgIpc) is 2.84.